The molecule has 3 aromatic rings. The van der Waals surface area contributed by atoms with Gasteiger partial charge < -0.3 is 14.3 Å². The SMILES string of the molecule is c1coc(Cn2c(CN3CCNCC3)nc3ccccc32)c1. The summed E-state index contributed by atoms with van der Waals surface area (Å²) in [6, 6.07) is 12.3. The van der Waals surface area contributed by atoms with Gasteiger partial charge >= 0.3 is 0 Å². The number of benzene rings is 1. The lowest BCUT2D eigenvalue weighted by atomic mass is 10.3. The summed E-state index contributed by atoms with van der Waals surface area (Å²) >= 11 is 0. The highest BCUT2D eigenvalue weighted by Gasteiger charge is 2.16. The van der Waals surface area contributed by atoms with Crippen LogP contribution in [0.4, 0.5) is 0 Å². The third-order valence-electron chi connectivity index (χ3n) is 4.20. The topological polar surface area (TPSA) is 46.2 Å². The number of nitrogens with one attached hydrogen (secondary N) is 1. The van der Waals surface area contributed by atoms with Crippen LogP contribution >= 0.6 is 0 Å². The summed E-state index contributed by atoms with van der Waals surface area (Å²) in [6.07, 6.45) is 1.73. The van der Waals surface area contributed by atoms with Crippen molar-refractivity contribution in [1.29, 1.82) is 0 Å². The van der Waals surface area contributed by atoms with Crippen LogP contribution in [0.3, 0.4) is 0 Å². The first-order chi connectivity index (χ1) is 10.9. The van der Waals surface area contributed by atoms with Crippen LogP contribution in [0.5, 0.6) is 0 Å². The molecule has 0 atom stereocenters. The van der Waals surface area contributed by atoms with Gasteiger partial charge in [0.1, 0.15) is 11.6 Å². The maximum atomic E-state index is 5.53. The van der Waals surface area contributed by atoms with Crippen LogP contribution in [-0.2, 0) is 13.1 Å². The largest absolute Gasteiger partial charge is 0.467 e. The Morgan fingerprint density at radius 2 is 1.91 bits per heavy atom. The van der Waals surface area contributed by atoms with Gasteiger partial charge in [-0.2, -0.15) is 0 Å². The second-order valence-corrected chi connectivity index (χ2v) is 5.71. The molecule has 1 fully saturated rings. The van der Waals surface area contributed by atoms with Crippen molar-refractivity contribution in [2.24, 2.45) is 0 Å². The first kappa shape index (κ1) is 13.5. The maximum absolute atomic E-state index is 5.53. The average Bonchev–Trinajstić information content (AvgIpc) is 3.18. The summed E-state index contributed by atoms with van der Waals surface area (Å²) in [4.78, 5) is 7.30. The van der Waals surface area contributed by atoms with Gasteiger partial charge in [-0.15, -0.1) is 0 Å². The Morgan fingerprint density at radius 3 is 2.73 bits per heavy atom. The fourth-order valence-corrected chi connectivity index (χ4v) is 3.05. The van der Waals surface area contributed by atoms with Crippen LogP contribution < -0.4 is 5.32 Å². The number of hydrogen-bond acceptors (Lipinski definition) is 4. The fourth-order valence-electron chi connectivity index (χ4n) is 3.05. The molecule has 0 amide bonds. The predicted octanol–water partition coefficient (Wildman–Crippen LogP) is 2.08. The van der Waals surface area contributed by atoms with Crippen molar-refractivity contribution in [1.82, 2.24) is 19.8 Å². The minimum Gasteiger partial charge on any atom is -0.467 e. The highest BCUT2D eigenvalue weighted by atomic mass is 16.3. The summed E-state index contributed by atoms with van der Waals surface area (Å²) < 4.78 is 7.80. The van der Waals surface area contributed by atoms with Crippen LogP contribution in [0.2, 0.25) is 0 Å². The molecule has 1 aromatic carbocycles. The summed E-state index contributed by atoms with van der Waals surface area (Å²) in [7, 11) is 0. The van der Waals surface area contributed by atoms with Crippen LogP contribution in [0.1, 0.15) is 11.6 Å². The van der Waals surface area contributed by atoms with Gasteiger partial charge in [0.2, 0.25) is 0 Å². The third kappa shape index (κ3) is 2.65. The summed E-state index contributed by atoms with van der Waals surface area (Å²) in [5, 5.41) is 3.39. The van der Waals surface area contributed by atoms with Gasteiger partial charge in [-0.05, 0) is 24.3 Å². The van der Waals surface area contributed by atoms with Gasteiger partial charge in [-0.3, -0.25) is 4.90 Å². The van der Waals surface area contributed by atoms with Crippen LogP contribution in [0.15, 0.2) is 47.1 Å². The summed E-state index contributed by atoms with van der Waals surface area (Å²) in [5.74, 6) is 2.07. The lowest BCUT2D eigenvalue weighted by molar-refractivity contribution is 0.225. The van der Waals surface area contributed by atoms with Crippen molar-refractivity contribution >= 4 is 11.0 Å². The summed E-state index contributed by atoms with van der Waals surface area (Å²) in [6.45, 7) is 5.87. The maximum Gasteiger partial charge on any atom is 0.124 e. The standard InChI is InChI=1S/C17H20N4O/c1-2-6-16-15(5-1)19-17(13-20-9-7-18-8-10-20)21(16)12-14-4-3-11-22-14/h1-6,11,18H,7-10,12-13H2. The second kappa shape index (κ2) is 5.94. The Labute approximate surface area is 129 Å². The number of rotatable bonds is 4. The van der Waals surface area contributed by atoms with Gasteiger partial charge in [0.15, 0.2) is 0 Å². The molecule has 1 aliphatic rings. The number of fused-ring (bicyclic) bond motifs is 1. The molecule has 3 heterocycles. The van der Waals surface area contributed by atoms with Crippen molar-refractivity contribution in [3.8, 4) is 0 Å². The van der Waals surface area contributed by atoms with Crippen molar-refractivity contribution in [2.45, 2.75) is 13.1 Å². The first-order valence-electron chi connectivity index (χ1n) is 7.80. The Bertz CT molecular complexity index is 741. The van der Waals surface area contributed by atoms with E-state index in [-0.39, 0.29) is 0 Å². The van der Waals surface area contributed by atoms with E-state index in [0.29, 0.717) is 0 Å². The molecule has 0 spiro atoms. The van der Waals surface area contributed by atoms with Crippen molar-refractivity contribution < 1.29 is 4.42 Å². The summed E-state index contributed by atoms with van der Waals surface area (Å²) in [5.41, 5.74) is 2.23. The Morgan fingerprint density at radius 1 is 1.05 bits per heavy atom. The monoisotopic (exact) mass is 296 g/mol. The van der Waals surface area contributed by atoms with E-state index in [9.17, 15) is 0 Å². The van der Waals surface area contributed by atoms with E-state index < -0.39 is 0 Å². The van der Waals surface area contributed by atoms with Gasteiger partial charge in [-0.1, -0.05) is 12.1 Å². The minimum absolute atomic E-state index is 0.731. The fraction of sp³-hybridized carbons (Fsp3) is 0.353. The number of nitrogens with zero attached hydrogens (tertiary/aromatic N) is 3. The van der Waals surface area contributed by atoms with Crippen LogP contribution in [0, 0.1) is 0 Å². The van der Waals surface area contributed by atoms with Crippen LogP contribution in [0.25, 0.3) is 11.0 Å². The van der Waals surface area contributed by atoms with E-state index in [0.717, 1.165) is 56.4 Å². The Hall–Kier alpha value is -2.11. The molecule has 1 N–H and O–H groups in total. The number of para-hydroxylation sites is 2. The predicted molar refractivity (Wildman–Crippen MR) is 85.7 cm³/mol. The van der Waals surface area contributed by atoms with E-state index in [2.05, 4.69) is 33.0 Å². The molecular weight excluding hydrogens is 276 g/mol. The molecule has 4 rings (SSSR count). The molecule has 1 saturated heterocycles. The quantitative estimate of drug-likeness (QED) is 0.801. The van der Waals surface area contributed by atoms with E-state index in [1.807, 2.05) is 18.2 Å². The third-order valence-corrected chi connectivity index (χ3v) is 4.20. The van der Waals surface area contributed by atoms with Crippen LogP contribution in [-0.4, -0.2) is 40.6 Å². The highest BCUT2D eigenvalue weighted by molar-refractivity contribution is 5.76. The molecule has 0 aliphatic carbocycles. The zero-order valence-corrected chi connectivity index (χ0v) is 12.5. The molecule has 22 heavy (non-hydrogen) atoms. The molecule has 5 nitrogen and oxygen atoms in total. The highest BCUT2D eigenvalue weighted by Crippen LogP contribution is 2.19. The average molecular weight is 296 g/mol. The van der Waals surface area contributed by atoms with E-state index in [4.69, 9.17) is 9.40 Å². The number of furan rings is 1. The lowest BCUT2D eigenvalue weighted by Crippen LogP contribution is -2.43. The van der Waals surface area contributed by atoms with Gasteiger partial charge in [0.25, 0.3) is 0 Å². The molecule has 0 saturated carbocycles. The molecule has 114 valence electrons. The van der Waals surface area contributed by atoms with Crippen molar-refractivity contribution in [2.75, 3.05) is 26.2 Å². The number of aromatic nitrogens is 2. The molecule has 1 aliphatic heterocycles. The number of imidazole rings is 1. The molecule has 0 bridgehead atoms. The van der Waals surface area contributed by atoms with Gasteiger partial charge in [0.05, 0.1) is 30.4 Å². The molecule has 2 aromatic heterocycles. The second-order valence-electron chi connectivity index (χ2n) is 5.71. The van der Waals surface area contributed by atoms with E-state index in [1.165, 1.54) is 5.52 Å². The first-order valence-corrected chi connectivity index (χ1v) is 7.80. The molecular formula is C17H20N4O. The molecule has 5 heteroatoms. The zero-order chi connectivity index (χ0) is 14.8. The van der Waals surface area contributed by atoms with Gasteiger partial charge in [-0.25, -0.2) is 4.98 Å². The Balaban J connectivity index is 1.69. The smallest absolute Gasteiger partial charge is 0.124 e. The zero-order valence-electron chi connectivity index (χ0n) is 12.5. The van der Waals surface area contributed by atoms with Crippen molar-refractivity contribution in [3.05, 3.63) is 54.2 Å². The van der Waals surface area contributed by atoms with Gasteiger partial charge in [0, 0.05) is 26.2 Å². The minimum atomic E-state index is 0.731. The Kier molecular flexibility index (Phi) is 3.66. The van der Waals surface area contributed by atoms with E-state index >= 15 is 0 Å². The number of hydrogen-bond donors (Lipinski definition) is 1. The lowest BCUT2D eigenvalue weighted by Gasteiger charge is -2.26. The number of piperazine rings is 1. The normalized spacial score (nSPS) is 16.4. The molecule has 0 unspecified atom stereocenters. The molecule has 0 radical (unpaired) electrons. The van der Waals surface area contributed by atoms with Crippen molar-refractivity contribution in [3.63, 3.8) is 0 Å². The van der Waals surface area contributed by atoms with E-state index in [1.54, 1.807) is 6.26 Å².